The molecular formula is C93H64N6O3. The van der Waals surface area contributed by atoms with Gasteiger partial charge in [0.25, 0.3) is 0 Å². The van der Waals surface area contributed by atoms with Crippen molar-refractivity contribution in [2.75, 3.05) is 0 Å². The molecule has 5 aromatic heterocycles. The van der Waals surface area contributed by atoms with E-state index in [0.717, 1.165) is 145 Å². The number of hydrogen-bond donors (Lipinski definition) is 0. The number of furan rings is 3. The molecule has 2 aliphatic carbocycles. The van der Waals surface area contributed by atoms with Gasteiger partial charge in [-0.3, -0.25) is 0 Å². The van der Waals surface area contributed by atoms with Crippen LogP contribution in [0.2, 0.25) is 0 Å². The van der Waals surface area contributed by atoms with E-state index in [1.165, 1.54) is 38.9 Å². The van der Waals surface area contributed by atoms with Gasteiger partial charge in [0.05, 0.1) is 0 Å². The molecule has 0 fully saturated rings. The van der Waals surface area contributed by atoms with Crippen molar-refractivity contribution >= 4 is 65.8 Å². The van der Waals surface area contributed by atoms with Crippen LogP contribution in [0.1, 0.15) is 74.3 Å². The highest BCUT2D eigenvalue weighted by molar-refractivity contribution is 6.11. The SMILES string of the molecule is CCC1(CC)c2ccccc2-c2cc3c(cc21)oc1ccc(-c2nc(-c4ccccc4)nc(-c4cc(C(C)C5(C)c6ccccc6-c6cc7c(cc65)oc5ccc(-c6nc(-c8cccc(-c9ccccc9)c8)nc(-c8cccc(-c9ccccc9)c8)n6)cc57)c5oc6ccccc6c5c4)n2)cc13. The zero-order valence-corrected chi connectivity index (χ0v) is 56.5. The molecule has 0 aliphatic heterocycles. The number of hydrogen-bond acceptors (Lipinski definition) is 9. The molecule has 2 aliphatic rings. The van der Waals surface area contributed by atoms with Crippen molar-refractivity contribution in [2.45, 2.75) is 57.3 Å². The summed E-state index contributed by atoms with van der Waals surface area (Å²) in [4.78, 5) is 32.0. The molecule has 484 valence electrons. The zero-order chi connectivity index (χ0) is 68.0. The molecule has 0 amide bonds. The Kier molecular flexibility index (Phi) is 13.3. The lowest BCUT2D eigenvalue weighted by Gasteiger charge is -2.35. The van der Waals surface area contributed by atoms with Gasteiger partial charge in [-0.2, -0.15) is 0 Å². The van der Waals surface area contributed by atoms with Crippen molar-refractivity contribution in [1.82, 2.24) is 29.9 Å². The quantitative estimate of drug-likeness (QED) is 0.118. The molecular weight excluding hydrogens is 1250 g/mol. The maximum absolute atomic E-state index is 7.08. The molecule has 102 heavy (non-hydrogen) atoms. The van der Waals surface area contributed by atoms with E-state index in [4.69, 9.17) is 43.2 Å². The minimum absolute atomic E-state index is 0.0739. The fourth-order valence-corrected chi connectivity index (χ4v) is 16.9. The third-order valence-corrected chi connectivity index (χ3v) is 22.4. The van der Waals surface area contributed by atoms with Gasteiger partial charge in [-0.1, -0.05) is 222 Å². The second kappa shape index (κ2) is 22.9. The molecule has 0 saturated heterocycles. The van der Waals surface area contributed by atoms with Gasteiger partial charge in [0.1, 0.15) is 33.5 Å². The molecule has 5 heterocycles. The number of rotatable bonds is 12. The van der Waals surface area contributed by atoms with Crippen LogP contribution in [0.5, 0.6) is 0 Å². The lowest BCUT2D eigenvalue weighted by molar-refractivity contribution is 0.482. The highest BCUT2D eigenvalue weighted by atomic mass is 16.3. The summed E-state index contributed by atoms with van der Waals surface area (Å²) in [5.74, 6) is 3.25. The van der Waals surface area contributed by atoms with Gasteiger partial charge in [-0.15, -0.1) is 0 Å². The first-order valence-corrected chi connectivity index (χ1v) is 35.2. The predicted octanol–water partition coefficient (Wildman–Crippen LogP) is 24.3. The van der Waals surface area contributed by atoms with Crippen LogP contribution in [0, 0.1) is 0 Å². The van der Waals surface area contributed by atoms with Gasteiger partial charge < -0.3 is 13.3 Å². The van der Waals surface area contributed by atoms with Crippen molar-refractivity contribution < 1.29 is 13.3 Å². The third kappa shape index (κ3) is 9.16. The summed E-state index contributed by atoms with van der Waals surface area (Å²) in [5, 5.41) is 6.06. The van der Waals surface area contributed by atoms with Crippen LogP contribution in [0.4, 0.5) is 0 Å². The highest BCUT2D eigenvalue weighted by Gasteiger charge is 2.46. The standard InChI is InChI=1S/C93H64N6O3/c1-5-93(6-2)77-38-20-17-35-66(77)70-51-74-72-46-62(40-43-82(72)101-84(74)53-79(70)93)89-94-86(57-28-14-9-15-29-57)95-91(99-89)64-48-68(85-75(49-64)67-36-18-21-39-80(67)102-85)54(3)92(4)76-37-19-16-34-65(76)69-50-73-71-47-63(41-42-81(71)100-83(73)52-78(69)92)90-97-87(60-32-22-30-58(44-60)55-24-10-7-11-25-55)96-88(98-90)61-33-23-31-59(45-61)56-26-12-8-13-27-56/h7-54H,5-6H2,1-4H3. The molecule has 13 aromatic carbocycles. The first-order chi connectivity index (χ1) is 50.2. The fraction of sp³-hybridized carbons (Fsp3) is 0.0968. The maximum Gasteiger partial charge on any atom is 0.164 e. The van der Waals surface area contributed by atoms with E-state index >= 15 is 0 Å². The molecule has 9 nitrogen and oxygen atoms in total. The Morgan fingerprint density at radius 2 is 0.676 bits per heavy atom. The Labute approximate surface area is 588 Å². The normalized spacial score (nSPS) is 14.6. The molecule has 0 N–H and O–H groups in total. The Balaban J connectivity index is 0.718. The smallest absolute Gasteiger partial charge is 0.164 e. The minimum Gasteiger partial charge on any atom is -0.456 e. The van der Waals surface area contributed by atoms with E-state index in [1.807, 2.05) is 36.4 Å². The third-order valence-electron chi connectivity index (χ3n) is 22.4. The predicted molar refractivity (Wildman–Crippen MR) is 412 cm³/mol. The average molecular weight is 1310 g/mol. The second-order valence-corrected chi connectivity index (χ2v) is 27.6. The van der Waals surface area contributed by atoms with Crippen LogP contribution < -0.4 is 0 Å². The summed E-state index contributed by atoms with van der Waals surface area (Å²) in [6.07, 6.45) is 2.01. The number of nitrogens with zero attached hydrogens (tertiary/aromatic N) is 6. The Morgan fingerprint density at radius 1 is 0.275 bits per heavy atom. The van der Waals surface area contributed by atoms with Crippen LogP contribution in [0.25, 0.3) is 179 Å². The molecule has 0 saturated carbocycles. The first-order valence-electron chi connectivity index (χ1n) is 35.2. The topological polar surface area (TPSA) is 117 Å². The summed E-state index contributed by atoms with van der Waals surface area (Å²) in [7, 11) is 0. The first kappa shape index (κ1) is 59.3. The Hall–Kier alpha value is -12.7. The summed E-state index contributed by atoms with van der Waals surface area (Å²) in [6, 6.07) is 101. The van der Waals surface area contributed by atoms with Crippen molar-refractivity contribution in [3.63, 3.8) is 0 Å². The van der Waals surface area contributed by atoms with E-state index in [1.54, 1.807) is 0 Å². The van der Waals surface area contributed by atoms with Crippen molar-refractivity contribution in [2.24, 2.45) is 0 Å². The molecule has 0 spiro atoms. The molecule has 0 bridgehead atoms. The van der Waals surface area contributed by atoms with E-state index in [2.05, 4.69) is 276 Å². The van der Waals surface area contributed by atoms with Crippen LogP contribution in [-0.4, -0.2) is 29.9 Å². The average Bonchev–Trinajstić information content (AvgIpc) is 1.51. The van der Waals surface area contributed by atoms with Gasteiger partial charge in [-0.25, -0.2) is 29.9 Å². The fourth-order valence-electron chi connectivity index (χ4n) is 16.9. The number of aromatic nitrogens is 6. The van der Waals surface area contributed by atoms with E-state index in [9.17, 15) is 0 Å². The molecule has 2 unspecified atom stereocenters. The van der Waals surface area contributed by atoms with Gasteiger partial charge in [0.2, 0.25) is 0 Å². The molecule has 9 heteroatoms. The summed E-state index contributed by atoms with van der Waals surface area (Å²) < 4.78 is 20.9. The van der Waals surface area contributed by atoms with Crippen LogP contribution >= 0.6 is 0 Å². The van der Waals surface area contributed by atoms with Crippen molar-refractivity contribution in [3.05, 3.63) is 313 Å². The monoisotopic (exact) mass is 1310 g/mol. The second-order valence-electron chi connectivity index (χ2n) is 27.6. The van der Waals surface area contributed by atoms with Gasteiger partial charge in [-0.05, 0) is 177 Å². The summed E-state index contributed by atoms with van der Waals surface area (Å²) in [6.45, 7) is 9.35. The zero-order valence-electron chi connectivity index (χ0n) is 56.5. The Morgan fingerprint density at radius 3 is 1.24 bits per heavy atom. The number of fused-ring (bicyclic) bond motifs is 15. The van der Waals surface area contributed by atoms with Gasteiger partial charge in [0.15, 0.2) is 34.9 Å². The summed E-state index contributed by atoms with van der Waals surface area (Å²) >= 11 is 0. The lowest BCUT2D eigenvalue weighted by Crippen LogP contribution is -2.28. The van der Waals surface area contributed by atoms with E-state index in [-0.39, 0.29) is 11.3 Å². The highest BCUT2D eigenvalue weighted by Crippen LogP contribution is 2.59. The molecule has 2 atom stereocenters. The van der Waals surface area contributed by atoms with Crippen LogP contribution in [-0.2, 0) is 10.8 Å². The largest absolute Gasteiger partial charge is 0.456 e. The van der Waals surface area contributed by atoms with Crippen LogP contribution in [0.15, 0.2) is 298 Å². The van der Waals surface area contributed by atoms with E-state index in [0.29, 0.717) is 34.9 Å². The molecule has 0 radical (unpaired) electrons. The molecule has 18 aromatic rings. The Bertz CT molecular complexity index is 6360. The number of benzene rings is 13. The summed E-state index contributed by atoms with van der Waals surface area (Å²) in [5.41, 5.74) is 24.9. The lowest BCUT2D eigenvalue weighted by atomic mass is 9.67. The van der Waals surface area contributed by atoms with Crippen molar-refractivity contribution in [3.8, 4) is 113 Å². The minimum atomic E-state index is -0.596. The van der Waals surface area contributed by atoms with Gasteiger partial charge >= 0.3 is 0 Å². The number of para-hydroxylation sites is 1. The van der Waals surface area contributed by atoms with Gasteiger partial charge in [0, 0.05) is 82.1 Å². The van der Waals surface area contributed by atoms with E-state index < -0.39 is 5.41 Å². The van der Waals surface area contributed by atoms with Crippen molar-refractivity contribution in [1.29, 1.82) is 0 Å². The van der Waals surface area contributed by atoms with Crippen LogP contribution in [0.3, 0.4) is 0 Å². The molecule has 20 rings (SSSR count). The maximum atomic E-state index is 7.08.